The van der Waals surface area contributed by atoms with E-state index in [1.165, 1.54) is 43.6 Å². The number of nitrogens with zero attached hydrogens (tertiary/aromatic N) is 2. The zero-order chi connectivity index (χ0) is 16.8. The van der Waals surface area contributed by atoms with Crippen LogP contribution in [0.3, 0.4) is 0 Å². The number of hydrogen-bond acceptors (Lipinski definition) is 3. The Balaban J connectivity index is 1.56. The fraction of sp³-hybridized carbons (Fsp3) is 0.368. The Hall–Kier alpha value is -2.14. The molecular weight excluding hydrogens is 316 g/mol. The van der Waals surface area contributed by atoms with Crippen molar-refractivity contribution in [3.8, 4) is 0 Å². The molecule has 5 heteroatoms. The average molecular weight is 340 g/mol. The van der Waals surface area contributed by atoms with Crippen molar-refractivity contribution in [1.82, 2.24) is 10.3 Å². The second-order valence-electron chi connectivity index (χ2n) is 6.20. The van der Waals surface area contributed by atoms with E-state index in [0.717, 1.165) is 5.69 Å². The van der Waals surface area contributed by atoms with Crippen LogP contribution in [0.5, 0.6) is 0 Å². The van der Waals surface area contributed by atoms with Gasteiger partial charge < -0.3 is 15.5 Å². The summed E-state index contributed by atoms with van der Waals surface area (Å²) in [6, 6.07) is 12.8. The lowest BCUT2D eigenvalue weighted by atomic mass is 10.1. The van der Waals surface area contributed by atoms with Crippen LogP contribution in [0.2, 0.25) is 0 Å². The monoisotopic (exact) mass is 340 g/mol. The molecule has 2 N–H and O–H groups in total. The van der Waals surface area contributed by atoms with E-state index in [2.05, 4.69) is 51.7 Å². The minimum atomic E-state index is 0.150. The molecule has 2 heterocycles. The molecule has 1 aromatic carbocycles. The zero-order valence-electron chi connectivity index (χ0n) is 14.0. The van der Waals surface area contributed by atoms with E-state index in [0.29, 0.717) is 5.11 Å². The molecule has 24 heavy (non-hydrogen) atoms. The minimum absolute atomic E-state index is 0.150. The first-order chi connectivity index (χ1) is 11.7. The second-order valence-corrected chi connectivity index (χ2v) is 6.61. The largest absolute Gasteiger partial charge is 0.372 e. The van der Waals surface area contributed by atoms with Gasteiger partial charge in [0.2, 0.25) is 0 Å². The van der Waals surface area contributed by atoms with Crippen molar-refractivity contribution in [3.63, 3.8) is 0 Å². The number of aromatic nitrogens is 1. The Labute approximate surface area is 149 Å². The van der Waals surface area contributed by atoms with Gasteiger partial charge in [-0.15, -0.1) is 0 Å². The number of anilines is 2. The summed E-state index contributed by atoms with van der Waals surface area (Å²) < 4.78 is 0. The third-order valence-corrected chi connectivity index (χ3v) is 4.60. The fourth-order valence-electron chi connectivity index (χ4n) is 3.01. The van der Waals surface area contributed by atoms with Crippen LogP contribution in [0.25, 0.3) is 0 Å². The molecule has 1 aliphatic heterocycles. The number of pyridine rings is 1. The van der Waals surface area contributed by atoms with Crippen LogP contribution in [-0.4, -0.2) is 23.2 Å². The van der Waals surface area contributed by atoms with Gasteiger partial charge in [0, 0.05) is 25.0 Å². The smallest absolute Gasteiger partial charge is 0.171 e. The fourth-order valence-corrected chi connectivity index (χ4v) is 3.30. The summed E-state index contributed by atoms with van der Waals surface area (Å²) in [6.45, 7) is 4.46. The molecule has 1 unspecified atom stereocenters. The van der Waals surface area contributed by atoms with Crippen molar-refractivity contribution < 1.29 is 0 Å². The van der Waals surface area contributed by atoms with Gasteiger partial charge in [-0.05, 0) is 68.2 Å². The molecule has 0 amide bonds. The highest BCUT2D eigenvalue weighted by Gasteiger charge is 2.12. The van der Waals surface area contributed by atoms with Crippen LogP contribution in [0, 0.1) is 0 Å². The predicted molar refractivity (Wildman–Crippen MR) is 105 cm³/mol. The van der Waals surface area contributed by atoms with E-state index >= 15 is 0 Å². The van der Waals surface area contributed by atoms with Crippen LogP contribution in [-0.2, 0) is 0 Å². The lowest BCUT2D eigenvalue weighted by Gasteiger charge is -2.29. The highest BCUT2D eigenvalue weighted by Crippen LogP contribution is 2.22. The van der Waals surface area contributed by atoms with Crippen molar-refractivity contribution in [3.05, 3.63) is 54.4 Å². The summed E-state index contributed by atoms with van der Waals surface area (Å²) in [5.74, 6) is 0. The lowest BCUT2D eigenvalue weighted by Crippen LogP contribution is -2.31. The van der Waals surface area contributed by atoms with Crippen molar-refractivity contribution in [1.29, 1.82) is 0 Å². The Morgan fingerprint density at radius 2 is 1.88 bits per heavy atom. The molecule has 2 aromatic rings. The van der Waals surface area contributed by atoms with Gasteiger partial charge in [0.05, 0.1) is 17.9 Å². The molecular formula is C19H24N4S. The molecule has 3 rings (SSSR count). The summed E-state index contributed by atoms with van der Waals surface area (Å²) in [5, 5.41) is 7.08. The van der Waals surface area contributed by atoms with E-state index < -0.39 is 0 Å². The van der Waals surface area contributed by atoms with Gasteiger partial charge in [-0.3, -0.25) is 4.98 Å². The maximum Gasteiger partial charge on any atom is 0.171 e. The van der Waals surface area contributed by atoms with Gasteiger partial charge in [-0.2, -0.15) is 0 Å². The first-order valence-electron chi connectivity index (χ1n) is 8.55. The Kier molecular flexibility index (Phi) is 5.64. The third-order valence-electron chi connectivity index (χ3n) is 4.38. The number of rotatable bonds is 4. The third kappa shape index (κ3) is 4.45. The molecule has 1 fully saturated rings. The Bertz CT molecular complexity index is 651. The topological polar surface area (TPSA) is 40.2 Å². The molecule has 126 valence electrons. The minimum Gasteiger partial charge on any atom is -0.372 e. The van der Waals surface area contributed by atoms with Crippen LogP contribution in [0.4, 0.5) is 11.4 Å². The first kappa shape index (κ1) is 16.7. The summed E-state index contributed by atoms with van der Waals surface area (Å²) in [7, 11) is 0. The highest BCUT2D eigenvalue weighted by atomic mass is 32.1. The Morgan fingerprint density at radius 3 is 2.54 bits per heavy atom. The SMILES string of the molecule is CC(NC(=S)Nc1cccnc1)c1ccc(N2CCCCC2)cc1. The van der Waals surface area contributed by atoms with Gasteiger partial charge in [0.25, 0.3) is 0 Å². The molecule has 0 aliphatic carbocycles. The molecule has 1 saturated heterocycles. The zero-order valence-corrected chi connectivity index (χ0v) is 14.9. The van der Waals surface area contributed by atoms with E-state index in [9.17, 15) is 0 Å². The molecule has 0 bridgehead atoms. The van der Waals surface area contributed by atoms with Gasteiger partial charge >= 0.3 is 0 Å². The second kappa shape index (κ2) is 8.11. The maximum atomic E-state index is 5.38. The van der Waals surface area contributed by atoms with E-state index in [1.807, 2.05) is 12.1 Å². The number of benzene rings is 1. The Morgan fingerprint density at radius 1 is 1.12 bits per heavy atom. The summed E-state index contributed by atoms with van der Waals surface area (Å²) in [4.78, 5) is 6.55. The predicted octanol–water partition coefficient (Wildman–Crippen LogP) is 4.12. The molecule has 0 saturated carbocycles. The lowest BCUT2D eigenvalue weighted by molar-refractivity contribution is 0.577. The van der Waals surface area contributed by atoms with Crippen molar-refractivity contribution in [2.45, 2.75) is 32.2 Å². The maximum absolute atomic E-state index is 5.38. The summed E-state index contributed by atoms with van der Waals surface area (Å²) >= 11 is 5.38. The van der Waals surface area contributed by atoms with E-state index in [4.69, 9.17) is 12.2 Å². The molecule has 0 radical (unpaired) electrons. The molecule has 0 spiro atoms. The highest BCUT2D eigenvalue weighted by molar-refractivity contribution is 7.80. The summed E-state index contributed by atoms with van der Waals surface area (Å²) in [6.07, 6.45) is 7.46. The van der Waals surface area contributed by atoms with Crippen molar-refractivity contribution >= 4 is 28.7 Å². The summed E-state index contributed by atoms with van der Waals surface area (Å²) in [5.41, 5.74) is 3.44. The first-order valence-corrected chi connectivity index (χ1v) is 8.95. The van der Waals surface area contributed by atoms with Crippen LogP contribution in [0.1, 0.15) is 37.8 Å². The molecule has 1 aliphatic rings. The normalized spacial score (nSPS) is 15.6. The van der Waals surface area contributed by atoms with Crippen molar-refractivity contribution in [2.24, 2.45) is 0 Å². The number of thiocarbonyl (C=S) groups is 1. The van der Waals surface area contributed by atoms with Gasteiger partial charge in [0.15, 0.2) is 5.11 Å². The van der Waals surface area contributed by atoms with Crippen molar-refractivity contribution in [2.75, 3.05) is 23.3 Å². The van der Waals surface area contributed by atoms with E-state index in [1.54, 1.807) is 12.4 Å². The molecule has 1 atom stereocenters. The quantitative estimate of drug-likeness (QED) is 0.819. The van der Waals surface area contributed by atoms with E-state index in [-0.39, 0.29) is 6.04 Å². The molecule has 1 aromatic heterocycles. The van der Waals surface area contributed by atoms with Crippen LogP contribution < -0.4 is 15.5 Å². The average Bonchev–Trinajstić information content (AvgIpc) is 2.63. The van der Waals surface area contributed by atoms with Gasteiger partial charge in [0.1, 0.15) is 0 Å². The number of piperidine rings is 1. The standard InChI is InChI=1S/C19H24N4S/c1-15(21-19(24)22-17-6-5-11-20-14-17)16-7-9-18(10-8-16)23-12-3-2-4-13-23/h5-11,14-15H,2-4,12-13H2,1H3,(H2,21,22,24). The van der Waals surface area contributed by atoms with Crippen LogP contribution in [0.15, 0.2) is 48.8 Å². The van der Waals surface area contributed by atoms with Crippen LogP contribution >= 0.6 is 12.2 Å². The number of nitrogens with one attached hydrogen (secondary N) is 2. The number of hydrogen-bond donors (Lipinski definition) is 2. The molecule has 4 nitrogen and oxygen atoms in total. The van der Waals surface area contributed by atoms with Gasteiger partial charge in [-0.1, -0.05) is 12.1 Å². The van der Waals surface area contributed by atoms with Gasteiger partial charge in [-0.25, -0.2) is 0 Å².